The Morgan fingerprint density at radius 2 is 2.13 bits per heavy atom. The predicted molar refractivity (Wildman–Crippen MR) is 88.7 cm³/mol. The lowest BCUT2D eigenvalue weighted by Gasteiger charge is -2.18. The van der Waals surface area contributed by atoms with Gasteiger partial charge in [0.2, 0.25) is 5.91 Å². The predicted octanol–water partition coefficient (Wildman–Crippen LogP) is 3.13. The number of hydrogen-bond donors (Lipinski definition) is 2. The minimum absolute atomic E-state index is 0.00449. The summed E-state index contributed by atoms with van der Waals surface area (Å²) < 4.78 is 0. The molecular formula is C17H17N3O3. The molecule has 0 atom stereocenters. The van der Waals surface area contributed by atoms with Crippen LogP contribution in [0.15, 0.2) is 42.5 Å². The zero-order valence-electron chi connectivity index (χ0n) is 12.5. The summed E-state index contributed by atoms with van der Waals surface area (Å²) in [6.07, 6.45) is 2.19. The van der Waals surface area contributed by atoms with Crippen molar-refractivity contribution in [3.8, 4) is 0 Å². The molecule has 23 heavy (non-hydrogen) atoms. The van der Waals surface area contributed by atoms with Gasteiger partial charge in [-0.05, 0) is 42.2 Å². The van der Waals surface area contributed by atoms with E-state index in [1.807, 2.05) is 18.2 Å². The van der Waals surface area contributed by atoms with Crippen molar-refractivity contribution in [3.05, 3.63) is 63.7 Å². The third-order valence-corrected chi connectivity index (χ3v) is 3.81. The minimum Gasteiger partial charge on any atom is -0.385 e. The molecule has 0 bridgehead atoms. The number of nitro benzene ring substituents is 1. The maximum atomic E-state index is 12.1. The van der Waals surface area contributed by atoms with E-state index in [9.17, 15) is 14.9 Å². The monoisotopic (exact) mass is 311 g/mol. The van der Waals surface area contributed by atoms with Gasteiger partial charge in [0.15, 0.2) is 0 Å². The van der Waals surface area contributed by atoms with Crippen LogP contribution in [-0.2, 0) is 17.6 Å². The van der Waals surface area contributed by atoms with Crippen molar-refractivity contribution >= 4 is 23.0 Å². The zero-order chi connectivity index (χ0) is 16.2. The molecule has 118 valence electrons. The number of benzene rings is 2. The number of amides is 1. The highest BCUT2D eigenvalue weighted by molar-refractivity contribution is 5.92. The average molecular weight is 311 g/mol. The molecule has 1 heterocycles. The summed E-state index contributed by atoms with van der Waals surface area (Å²) in [5.41, 5.74) is 3.69. The van der Waals surface area contributed by atoms with E-state index < -0.39 is 4.92 Å². The lowest BCUT2D eigenvalue weighted by atomic mass is 10.0. The van der Waals surface area contributed by atoms with Crippen molar-refractivity contribution in [1.29, 1.82) is 0 Å². The molecule has 0 radical (unpaired) electrons. The molecule has 0 saturated carbocycles. The second kappa shape index (κ2) is 6.48. The molecule has 0 spiro atoms. The topological polar surface area (TPSA) is 84.3 Å². The van der Waals surface area contributed by atoms with E-state index in [1.54, 1.807) is 12.1 Å². The molecule has 2 aromatic carbocycles. The molecular weight excluding hydrogens is 294 g/mol. The molecule has 6 nitrogen and oxygen atoms in total. The van der Waals surface area contributed by atoms with Crippen molar-refractivity contribution in [2.24, 2.45) is 0 Å². The number of nitrogens with one attached hydrogen (secondary N) is 2. The smallest absolute Gasteiger partial charge is 0.269 e. The van der Waals surface area contributed by atoms with Gasteiger partial charge >= 0.3 is 0 Å². The molecule has 6 heteroatoms. The van der Waals surface area contributed by atoms with Gasteiger partial charge in [0, 0.05) is 30.1 Å². The molecule has 0 unspecified atom stereocenters. The van der Waals surface area contributed by atoms with E-state index in [1.165, 1.54) is 17.7 Å². The first-order valence-corrected chi connectivity index (χ1v) is 7.52. The number of nitro groups is 1. The summed E-state index contributed by atoms with van der Waals surface area (Å²) in [5, 5.41) is 16.9. The number of anilines is 2. The van der Waals surface area contributed by atoms with Crippen LogP contribution < -0.4 is 10.6 Å². The highest BCUT2D eigenvalue weighted by atomic mass is 16.6. The van der Waals surface area contributed by atoms with Crippen molar-refractivity contribution in [3.63, 3.8) is 0 Å². The fraction of sp³-hybridized carbons (Fsp3) is 0.235. The Labute approximate surface area is 133 Å². The van der Waals surface area contributed by atoms with Gasteiger partial charge in [-0.1, -0.05) is 12.1 Å². The van der Waals surface area contributed by atoms with E-state index in [2.05, 4.69) is 10.6 Å². The number of hydrogen-bond acceptors (Lipinski definition) is 4. The van der Waals surface area contributed by atoms with Crippen LogP contribution in [0.2, 0.25) is 0 Å². The van der Waals surface area contributed by atoms with E-state index in [0.29, 0.717) is 5.56 Å². The third kappa shape index (κ3) is 3.66. The summed E-state index contributed by atoms with van der Waals surface area (Å²) in [4.78, 5) is 22.4. The third-order valence-electron chi connectivity index (χ3n) is 3.81. The number of nitrogens with zero attached hydrogens (tertiary/aromatic N) is 1. The Kier molecular flexibility index (Phi) is 4.23. The fourth-order valence-electron chi connectivity index (χ4n) is 2.72. The zero-order valence-corrected chi connectivity index (χ0v) is 12.5. The van der Waals surface area contributed by atoms with Gasteiger partial charge in [-0.2, -0.15) is 0 Å². The van der Waals surface area contributed by atoms with E-state index in [4.69, 9.17) is 0 Å². The normalized spacial score (nSPS) is 12.9. The SMILES string of the molecule is O=C(Cc1cccc([N+](=O)[O-])c1)Nc1ccc2c(c1)CCCN2. The first-order chi connectivity index (χ1) is 11.1. The molecule has 0 aromatic heterocycles. The quantitative estimate of drug-likeness (QED) is 0.671. The average Bonchev–Trinajstić information content (AvgIpc) is 2.55. The van der Waals surface area contributed by atoms with Crippen LogP contribution in [0.5, 0.6) is 0 Å². The summed E-state index contributed by atoms with van der Waals surface area (Å²) in [6, 6.07) is 12.0. The van der Waals surface area contributed by atoms with Crippen LogP contribution in [0.3, 0.4) is 0 Å². The Hall–Kier alpha value is -2.89. The largest absolute Gasteiger partial charge is 0.385 e. The van der Waals surface area contributed by atoms with Crippen LogP contribution in [0.25, 0.3) is 0 Å². The Bertz CT molecular complexity index is 758. The van der Waals surface area contributed by atoms with E-state index in [0.717, 1.165) is 30.8 Å². The van der Waals surface area contributed by atoms with Gasteiger partial charge < -0.3 is 10.6 Å². The van der Waals surface area contributed by atoms with Crippen molar-refractivity contribution in [2.75, 3.05) is 17.2 Å². The lowest BCUT2D eigenvalue weighted by molar-refractivity contribution is -0.384. The van der Waals surface area contributed by atoms with Crippen molar-refractivity contribution < 1.29 is 9.72 Å². The number of carbonyl (C=O) groups is 1. The summed E-state index contributed by atoms with van der Waals surface area (Å²) in [6.45, 7) is 0.978. The fourth-order valence-corrected chi connectivity index (χ4v) is 2.72. The Morgan fingerprint density at radius 1 is 1.26 bits per heavy atom. The number of aryl methyl sites for hydroxylation is 1. The maximum absolute atomic E-state index is 12.1. The summed E-state index contributed by atoms with van der Waals surface area (Å²) >= 11 is 0. The van der Waals surface area contributed by atoms with Gasteiger partial charge in [-0.15, -0.1) is 0 Å². The van der Waals surface area contributed by atoms with Gasteiger partial charge in [0.1, 0.15) is 0 Å². The van der Waals surface area contributed by atoms with Crippen LogP contribution in [0, 0.1) is 10.1 Å². The molecule has 2 aromatic rings. The Morgan fingerprint density at radius 3 is 2.96 bits per heavy atom. The van der Waals surface area contributed by atoms with Gasteiger partial charge in [-0.25, -0.2) is 0 Å². The van der Waals surface area contributed by atoms with Gasteiger partial charge in [-0.3, -0.25) is 14.9 Å². The molecule has 1 aliphatic heterocycles. The standard InChI is InChI=1S/C17H17N3O3/c21-17(10-12-3-1-5-15(9-12)20(22)23)19-14-6-7-16-13(11-14)4-2-8-18-16/h1,3,5-7,9,11,18H,2,4,8,10H2,(H,19,21). The lowest BCUT2D eigenvalue weighted by Crippen LogP contribution is -2.16. The number of non-ortho nitro benzene ring substituents is 1. The van der Waals surface area contributed by atoms with Crippen LogP contribution >= 0.6 is 0 Å². The molecule has 3 rings (SSSR count). The second-order valence-corrected chi connectivity index (χ2v) is 5.55. The first kappa shape index (κ1) is 15.0. The van der Waals surface area contributed by atoms with Crippen LogP contribution in [0.4, 0.5) is 17.1 Å². The molecule has 1 amide bonds. The molecule has 0 saturated heterocycles. The molecule has 1 aliphatic rings. The number of carbonyl (C=O) groups excluding carboxylic acids is 1. The highest BCUT2D eigenvalue weighted by Gasteiger charge is 2.12. The van der Waals surface area contributed by atoms with E-state index >= 15 is 0 Å². The van der Waals surface area contributed by atoms with Gasteiger partial charge in [0.25, 0.3) is 5.69 Å². The minimum atomic E-state index is -0.460. The van der Waals surface area contributed by atoms with Crippen molar-refractivity contribution in [1.82, 2.24) is 0 Å². The molecule has 2 N–H and O–H groups in total. The van der Waals surface area contributed by atoms with Crippen LogP contribution in [0.1, 0.15) is 17.5 Å². The first-order valence-electron chi connectivity index (χ1n) is 7.52. The maximum Gasteiger partial charge on any atom is 0.269 e. The summed E-state index contributed by atoms with van der Waals surface area (Å²) in [7, 11) is 0. The summed E-state index contributed by atoms with van der Waals surface area (Å²) in [5.74, 6) is -0.186. The Balaban J connectivity index is 1.67. The number of fused-ring (bicyclic) bond motifs is 1. The van der Waals surface area contributed by atoms with Crippen LogP contribution in [-0.4, -0.2) is 17.4 Å². The van der Waals surface area contributed by atoms with Crippen molar-refractivity contribution in [2.45, 2.75) is 19.3 Å². The second-order valence-electron chi connectivity index (χ2n) is 5.55. The molecule has 0 fully saturated rings. The highest BCUT2D eigenvalue weighted by Crippen LogP contribution is 2.25. The molecule has 0 aliphatic carbocycles. The van der Waals surface area contributed by atoms with E-state index in [-0.39, 0.29) is 18.0 Å². The van der Waals surface area contributed by atoms with Gasteiger partial charge in [0.05, 0.1) is 11.3 Å². The number of rotatable bonds is 4.